The predicted molar refractivity (Wildman–Crippen MR) is 59.7 cm³/mol. The van der Waals surface area contributed by atoms with Gasteiger partial charge in [0.1, 0.15) is 5.15 Å². The van der Waals surface area contributed by atoms with Gasteiger partial charge in [-0.1, -0.05) is 17.7 Å². The van der Waals surface area contributed by atoms with E-state index in [-0.39, 0.29) is 5.41 Å². The van der Waals surface area contributed by atoms with Crippen LogP contribution in [0.5, 0.6) is 0 Å². The Hall–Kier alpha value is -0.640. The van der Waals surface area contributed by atoms with Crippen molar-refractivity contribution in [3.63, 3.8) is 0 Å². The quantitative estimate of drug-likeness (QED) is 0.750. The van der Waals surface area contributed by atoms with Gasteiger partial charge in [-0.15, -0.1) is 0 Å². The molecule has 4 heteroatoms. The van der Waals surface area contributed by atoms with Gasteiger partial charge in [0.05, 0.1) is 0 Å². The fourth-order valence-corrected chi connectivity index (χ4v) is 1.66. The van der Waals surface area contributed by atoms with Crippen LogP contribution in [0.2, 0.25) is 5.15 Å². The molecule has 2 N–H and O–H groups in total. The summed E-state index contributed by atoms with van der Waals surface area (Å²) in [6, 6.07) is 3.75. The summed E-state index contributed by atoms with van der Waals surface area (Å²) in [5.74, 6) is 0. The highest BCUT2D eigenvalue weighted by Gasteiger charge is 2.41. The number of aromatic nitrogens is 1. The van der Waals surface area contributed by atoms with E-state index in [1.165, 1.54) is 0 Å². The molecular formula is C11H15ClN2O. The van der Waals surface area contributed by atoms with Crippen molar-refractivity contribution in [3.05, 3.63) is 29.0 Å². The molecule has 1 aliphatic carbocycles. The first-order chi connectivity index (χ1) is 7.24. The first-order valence-electron chi connectivity index (χ1n) is 5.16. The molecule has 0 atom stereocenters. The second-order valence-corrected chi connectivity index (χ2v) is 4.64. The Balaban J connectivity index is 1.76. The molecule has 15 heavy (non-hydrogen) atoms. The average molecular weight is 227 g/mol. The molecule has 0 spiro atoms. The number of pyridine rings is 1. The third-order valence-electron chi connectivity index (χ3n) is 2.91. The first-order valence-corrected chi connectivity index (χ1v) is 5.54. The van der Waals surface area contributed by atoms with Crippen molar-refractivity contribution in [3.8, 4) is 0 Å². The van der Waals surface area contributed by atoms with Gasteiger partial charge in [0.25, 0.3) is 0 Å². The van der Waals surface area contributed by atoms with Crippen LogP contribution in [0.4, 0.5) is 0 Å². The van der Waals surface area contributed by atoms with Crippen LogP contribution in [0.1, 0.15) is 18.4 Å². The fourth-order valence-electron chi connectivity index (χ4n) is 1.55. The van der Waals surface area contributed by atoms with E-state index in [0.717, 1.165) is 31.5 Å². The maximum Gasteiger partial charge on any atom is 0.129 e. The van der Waals surface area contributed by atoms with Crippen molar-refractivity contribution in [1.82, 2.24) is 10.3 Å². The largest absolute Gasteiger partial charge is 0.396 e. The van der Waals surface area contributed by atoms with Crippen LogP contribution in [0.15, 0.2) is 18.3 Å². The van der Waals surface area contributed by atoms with Crippen molar-refractivity contribution in [2.24, 2.45) is 5.41 Å². The van der Waals surface area contributed by atoms with Gasteiger partial charge in [-0.05, 0) is 24.5 Å². The number of halogens is 1. The van der Waals surface area contributed by atoms with E-state index in [1.54, 1.807) is 12.3 Å². The Labute approximate surface area is 94.5 Å². The summed E-state index contributed by atoms with van der Waals surface area (Å²) in [7, 11) is 0. The highest BCUT2D eigenvalue weighted by Crippen LogP contribution is 2.44. The summed E-state index contributed by atoms with van der Waals surface area (Å²) in [4.78, 5) is 4.01. The SMILES string of the molecule is OCC1(CNCc2ccc(Cl)nc2)CC1. The molecule has 1 saturated carbocycles. The van der Waals surface area contributed by atoms with E-state index in [2.05, 4.69) is 10.3 Å². The zero-order valence-electron chi connectivity index (χ0n) is 8.54. The van der Waals surface area contributed by atoms with Crippen molar-refractivity contribution in [2.45, 2.75) is 19.4 Å². The van der Waals surface area contributed by atoms with E-state index in [0.29, 0.717) is 11.8 Å². The highest BCUT2D eigenvalue weighted by molar-refractivity contribution is 6.29. The third kappa shape index (κ3) is 2.91. The van der Waals surface area contributed by atoms with Crippen LogP contribution >= 0.6 is 11.6 Å². The molecular weight excluding hydrogens is 212 g/mol. The number of hydrogen-bond donors (Lipinski definition) is 2. The Morgan fingerprint density at radius 1 is 1.47 bits per heavy atom. The van der Waals surface area contributed by atoms with E-state index in [4.69, 9.17) is 16.7 Å². The smallest absolute Gasteiger partial charge is 0.129 e. The number of hydrogen-bond acceptors (Lipinski definition) is 3. The molecule has 1 aromatic heterocycles. The zero-order chi connectivity index (χ0) is 10.7. The number of aliphatic hydroxyl groups excluding tert-OH is 1. The Bertz CT molecular complexity index is 322. The van der Waals surface area contributed by atoms with Crippen molar-refractivity contribution in [2.75, 3.05) is 13.2 Å². The van der Waals surface area contributed by atoms with Crippen LogP contribution in [0.25, 0.3) is 0 Å². The maximum atomic E-state index is 9.12. The summed E-state index contributed by atoms with van der Waals surface area (Å²) in [5.41, 5.74) is 1.29. The third-order valence-corrected chi connectivity index (χ3v) is 3.13. The van der Waals surface area contributed by atoms with Gasteiger partial charge < -0.3 is 10.4 Å². The molecule has 2 rings (SSSR count). The van der Waals surface area contributed by atoms with Gasteiger partial charge >= 0.3 is 0 Å². The summed E-state index contributed by atoms with van der Waals surface area (Å²) in [5, 5.41) is 13.0. The minimum Gasteiger partial charge on any atom is -0.396 e. The lowest BCUT2D eigenvalue weighted by molar-refractivity contribution is 0.207. The molecule has 1 aliphatic rings. The summed E-state index contributed by atoms with van der Waals surface area (Å²) in [6.07, 6.45) is 4.04. The van der Waals surface area contributed by atoms with Crippen LogP contribution in [0, 0.1) is 5.41 Å². The molecule has 0 bridgehead atoms. The van der Waals surface area contributed by atoms with Gasteiger partial charge in [0.15, 0.2) is 0 Å². The standard InChI is InChI=1S/C11H15ClN2O/c12-10-2-1-9(6-14-10)5-13-7-11(8-15)3-4-11/h1-2,6,13,15H,3-5,7-8H2. The number of nitrogens with one attached hydrogen (secondary N) is 1. The first kappa shape index (κ1) is 10.9. The second kappa shape index (κ2) is 4.47. The molecule has 0 aliphatic heterocycles. The van der Waals surface area contributed by atoms with Crippen LogP contribution in [-0.4, -0.2) is 23.2 Å². The molecule has 0 unspecified atom stereocenters. The van der Waals surface area contributed by atoms with E-state index >= 15 is 0 Å². The Morgan fingerprint density at radius 3 is 2.80 bits per heavy atom. The predicted octanol–water partition coefficient (Wildman–Crippen LogP) is 1.60. The summed E-state index contributed by atoms with van der Waals surface area (Å²) in [6.45, 7) is 1.96. The van der Waals surface area contributed by atoms with Crippen LogP contribution < -0.4 is 5.32 Å². The number of nitrogens with zero attached hydrogens (tertiary/aromatic N) is 1. The Morgan fingerprint density at radius 2 is 2.27 bits per heavy atom. The molecule has 0 radical (unpaired) electrons. The topological polar surface area (TPSA) is 45.1 Å². The molecule has 0 amide bonds. The van der Waals surface area contributed by atoms with E-state index in [1.807, 2.05) is 6.07 Å². The maximum absolute atomic E-state index is 9.12. The lowest BCUT2D eigenvalue weighted by Crippen LogP contribution is -2.26. The van der Waals surface area contributed by atoms with E-state index < -0.39 is 0 Å². The normalized spacial score (nSPS) is 17.7. The Kier molecular flexibility index (Phi) is 3.24. The molecule has 1 fully saturated rings. The van der Waals surface area contributed by atoms with Gasteiger partial charge in [-0.3, -0.25) is 0 Å². The lowest BCUT2D eigenvalue weighted by atomic mass is 10.1. The van der Waals surface area contributed by atoms with Gasteiger partial charge in [-0.25, -0.2) is 4.98 Å². The van der Waals surface area contributed by atoms with E-state index in [9.17, 15) is 0 Å². The molecule has 82 valence electrons. The average Bonchev–Trinajstić information content (AvgIpc) is 3.02. The fraction of sp³-hybridized carbons (Fsp3) is 0.545. The van der Waals surface area contributed by atoms with Gasteiger partial charge in [0, 0.05) is 31.3 Å². The van der Waals surface area contributed by atoms with Crippen LogP contribution in [0.3, 0.4) is 0 Å². The summed E-state index contributed by atoms with van der Waals surface area (Å²) < 4.78 is 0. The van der Waals surface area contributed by atoms with Gasteiger partial charge in [0.2, 0.25) is 0 Å². The number of aliphatic hydroxyl groups is 1. The second-order valence-electron chi connectivity index (χ2n) is 4.25. The van der Waals surface area contributed by atoms with Crippen LogP contribution in [-0.2, 0) is 6.54 Å². The highest BCUT2D eigenvalue weighted by atomic mass is 35.5. The molecule has 3 nitrogen and oxygen atoms in total. The summed E-state index contributed by atoms with van der Waals surface area (Å²) >= 11 is 5.69. The minimum atomic E-state index is 0.167. The lowest BCUT2D eigenvalue weighted by Gasteiger charge is -2.12. The molecule has 1 heterocycles. The van der Waals surface area contributed by atoms with Gasteiger partial charge in [-0.2, -0.15) is 0 Å². The molecule has 0 aromatic carbocycles. The monoisotopic (exact) mass is 226 g/mol. The minimum absolute atomic E-state index is 0.167. The molecule has 0 saturated heterocycles. The van der Waals surface area contributed by atoms with Crippen molar-refractivity contribution >= 4 is 11.6 Å². The number of rotatable bonds is 5. The van der Waals surface area contributed by atoms with Crippen molar-refractivity contribution in [1.29, 1.82) is 0 Å². The van der Waals surface area contributed by atoms with Crippen molar-refractivity contribution < 1.29 is 5.11 Å². The molecule has 1 aromatic rings. The zero-order valence-corrected chi connectivity index (χ0v) is 9.30.